The summed E-state index contributed by atoms with van der Waals surface area (Å²) in [4.78, 5) is 17.7. The van der Waals surface area contributed by atoms with Gasteiger partial charge in [0.05, 0.1) is 21.7 Å². The third kappa shape index (κ3) is 2.50. The van der Waals surface area contributed by atoms with Crippen molar-refractivity contribution in [2.24, 2.45) is 0 Å². The highest BCUT2D eigenvalue weighted by Crippen LogP contribution is 2.38. The van der Waals surface area contributed by atoms with Crippen LogP contribution in [-0.4, -0.2) is 16.1 Å². The van der Waals surface area contributed by atoms with Gasteiger partial charge in [-0.05, 0) is 55.5 Å². The van der Waals surface area contributed by atoms with Crippen molar-refractivity contribution in [3.05, 3.63) is 64.7 Å². The monoisotopic (exact) mass is 347 g/mol. The topological polar surface area (TPSA) is 50.2 Å². The summed E-state index contributed by atoms with van der Waals surface area (Å²) in [6.07, 6.45) is 0. The highest BCUT2D eigenvalue weighted by atomic mass is 32.1. The predicted octanol–water partition coefficient (Wildman–Crippen LogP) is 5.74. The Hall–Kier alpha value is -2.72. The van der Waals surface area contributed by atoms with E-state index >= 15 is 0 Å². The third-order valence-corrected chi connectivity index (χ3v) is 5.85. The zero-order chi connectivity index (χ0) is 17.7. The molecule has 0 aliphatic rings. The summed E-state index contributed by atoms with van der Waals surface area (Å²) >= 11 is 1.66. The first kappa shape index (κ1) is 15.8. The number of nitrogens with zero attached hydrogens (tertiary/aromatic N) is 1. The maximum absolute atomic E-state index is 11.9. The second-order valence-corrected chi connectivity index (χ2v) is 7.44. The van der Waals surface area contributed by atoms with Crippen LogP contribution in [0.25, 0.3) is 31.6 Å². The number of thiophene rings is 1. The number of hydrogen-bond acceptors (Lipinski definition) is 3. The second kappa shape index (κ2) is 5.67. The zero-order valence-electron chi connectivity index (χ0n) is 14.3. The first-order chi connectivity index (χ1) is 12.0. The van der Waals surface area contributed by atoms with Crippen LogP contribution >= 0.6 is 11.3 Å². The molecule has 0 unspecified atom stereocenters. The summed E-state index contributed by atoms with van der Waals surface area (Å²) in [5.41, 5.74) is 4.99. The van der Waals surface area contributed by atoms with Crippen LogP contribution in [0.4, 0.5) is 0 Å². The van der Waals surface area contributed by atoms with Gasteiger partial charge in [-0.3, -0.25) is 0 Å². The van der Waals surface area contributed by atoms with Gasteiger partial charge in [0.2, 0.25) is 0 Å². The lowest BCUT2D eigenvalue weighted by Gasteiger charge is -2.10. The van der Waals surface area contributed by atoms with Crippen LogP contribution in [0.5, 0.6) is 0 Å². The Kier molecular flexibility index (Phi) is 3.58. The SMILES string of the molecule is Cc1cc(C)c2nc(-c3sc4ccccc4c3C)cc(C(=O)O)c2c1. The van der Waals surface area contributed by atoms with Crippen molar-refractivity contribution >= 4 is 38.3 Å². The number of aromatic carboxylic acids is 1. The summed E-state index contributed by atoms with van der Waals surface area (Å²) in [7, 11) is 0. The molecule has 1 N–H and O–H groups in total. The van der Waals surface area contributed by atoms with E-state index in [0.717, 1.165) is 32.8 Å². The van der Waals surface area contributed by atoms with Crippen molar-refractivity contribution in [1.82, 2.24) is 4.98 Å². The average Bonchev–Trinajstić information content (AvgIpc) is 2.91. The lowest BCUT2D eigenvalue weighted by molar-refractivity contribution is 0.0699. The molecule has 0 bridgehead atoms. The molecule has 0 aliphatic heterocycles. The van der Waals surface area contributed by atoms with Crippen molar-refractivity contribution in [3.63, 3.8) is 0 Å². The number of carboxylic acid groups (broad SMARTS) is 1. The number of aryl methyl sites for hydroxylation is 3. The van der Waals surface area contributed by atoms with Crippen LogP contribution < -0.4 is 0 Å². The number of benzene rings is 2. The van der Waals surface area contributed by atoms with Crippen LogP contribution in [-0.2, 0) is 0 Å². The maximum Gasteiger partial charge on any atom is 0.336 e. The normalized spacial score (nSPS) is 11.3. The second-order valence-electron chi connectivity index (χ2n) is 6.39. The van der Waals surface area contributed by atoms with E-state index in [1.165, 1.54) is 10.1 Å². The largest absolute Gasteiger partial charge is 0.478 e. The van der Waals surface area contributed by atoms with Crippen LogP contribution in [0.3, 0.4) is 0 Å². The van der Waals surface area contributed by atoms with Crippen LogP contribution in [0.2, 0.25) is 0 Å². The van der Waals surface area contributed by atoms with E-state index in [1.54, 1.807) is 17.4 Å². The number of fused-ring (bicyclic) bond motifs is 2. The summed E-state index contributed by atoms with van der Waals surface area (Å²) in [5, 5.41) is 11.6. The molecular weight excluding hydrogens is 330 g/mol. The standard InChI is InChI=1S/C21H17NO2S/c1-11-8-12(2)19-15(9-11)16(21(23)24)10-17(22-19)20-13(3)14-6-4-5-7-18(14)25-20/h4-10H,1-3H3,(H,23,24). The minimum atomic E-state index is -0.919. The highest BCUT2D eigenvalue weighted by Gasteiger charge is 2.18. The van der Waals surface area contributed by atoms with Crippen molar-refractivity contribution in [2.45, 2.75) is 20.8 Å². The fraction of sp³-hybridized carbons (Fsp3) is 0.143. The smallest absolute Gasteiger partial charge is 0.336 e. The Labute approximate surface area is 149 Å². The molecule has 0 spiro atoms. The summed E-state index contributed by atoms with van der Waals surface area (Å²) in [6.45, 7) is 6.03. The number of pyridine rings is 1. The highest BCUT2D eigenvalue weighted by molar-refractivity contribution is 7.22. The van der Waals surface area contributed by atoms with Gasteiger partial charge in [-0.1, -0.05) is 29.8 Å². The summed E-state index contributed by atoms with van der Waals surface area (Å²) in [6, 6.07) is 13.9. The van der Waals surface area contributed by atoms with E-state index in [-0.39, 0.29) is 0 Å². The fourth-order valence-electron chi connectivity index (χ4n) is 3.39. The van der Waals surface area contributed by atoms with Crippen molar-refractivity contribution in [1.29, 1.82) is 0 Å². The molecule has 0 fully saturated rings. The van der Waals surface area contributed by atoms with Gasteiger partial charge in [0.1, 0.15) is 0 Å². The van der Waals surface area contributed by atoms with Gasteiger partial charge in [0, 0.05) is 10.1 Å². The van der Waals surface area contributed by atoms with Crippen molar-refractivity contribution in [2.75, 3.05) is 0 Å². The summed E-state index contributed by atoms with van der Waals surface area (Å²) in [5.74, 6) is -0.919. The van der Waals surface area contributed by atoms with Gasteiger partial charge in [-0.25, -0.2) is 9.78 Å². The minimum absolute atomic E-state index is 0.309. The number of hydrogen-bond donors (Lipinski definition) is 1. The Morgan fingerprint density at radius 2 is 1.80 bits per heavy atom. The average molecular weight is 347 g/mol. The Morgan fingerprint density at radius 3 is 2.52 bits per heavy atom. The van der Waals surface area contributed by atoms with Crippen LogP contribution in [0.15, 0.2) is 42.5 Å². The molecule has 0 radical (unpaired) electrons. The van der Waals surface area contributed by atoms with Crippen molar-refractivity contribution < 1.29 is 9.90 Å². The van der Waals surface area contributed by atoms with E-state index in [1.807, 2.05) is 38.1 Å². The molecule has 25 heavy (non-hydrogen) atoms. The third-order valence-electron chi connectivity index (χ3n) is 4.56. The molecule has 0 saturated carbocycles. The molecule has 124 valence electrons. The fourth-order valence-corrected chi connectivity index (χ4v) is 4.56. The van der Waals surface area contributed by atoms with E-state index < -0.39 is 5.97 Å². The van der Waals surface area contributed by atoms with Gasteiger partial charge >= 0.3 is 5.97 Å². The first-order valence-electron chi connectivity index (χ1n) is 8.09. The molecule has 2 heterocycles. The molecule has 3 nitrogen and oxygen atoms in total. The van der Waals surface area contributed by atoms with Gasteiger partial charge in [0.15, 0.2) is 0 Å². The van der Waals surface area contributed by atoms with Crippen LogP contribution in [0.1, 0.15) is 27.0 Å². The molecule has 4 aromatic rings. The lowest BCUT2D eigenvalue weighted by Crippen LogP contribution is -2.01. The molecule has 2 aromatic heterocycles. The van der Waals surface area contributed by atoms with E-state index in [0.29, 0.717) is 10.9 Å². The number of carbonyl (C=O) groups is 1. The molecule has 4 rings (SSSR count). The predicted molar refractivity (Wildman–Crippen MR) is 104 cm³/mol. The lowest BCUT2D eigenvalue weighted by atomic mass is 10.0. The molecule has 0 aliphatic carbocycles. The Bertz CT molecular complexity index is 1160. The van der Waals surface area contributed by atoms with E-state index in [2.05, 4.69) is 19.1 Å². The quantitative estimate of drug-likeness (QED) is 0.503. The molecule has 0 atom stereocenters. The molecule has 4 heteroatoms. The minimum Gasteiger partial charge on any atom is -0.478 e. The van der Waals surface area contributed by atoms with E-state index in [9.17, 15) is 9.90 Å². The molecule has 0 saturated heterocycles. The van der Waals surface area contributed by atoms with Gasteiger partial charge in [-0.2, -0.15) is 0 Å². The molecule has 2 aromatic carbocycles. The summed E-state index contributed by atoms with van der Waals surface area (Å²) < 4.78 is 1.19. The first-order valence-corrected chi connectivity index (χ1v) is 8.91. The van der Waals surface area contributed by atoms with Gasteiger partial charge in [-0.15, -0.1) is 11.3 Å². The Morgan fingerprint density at radius 1 is 1.04 bits per heavy atom. The number of rotatable bonds is 2. The van der Waals surface area contributed by atoms with E-state index in [4.69, 9.17) is 4.98 Å². The molecule has 0 amide bonds. The van der Waals surface area contributed by atoms with Crippen molar-refractivity contribution in [3.8, 4) is 10.6 Å². The zero-order valence-corrected chi connectivity index (χ0v) is 15.1. The molecular formula is C21H17NO2S. The number of aromatic nitrogens is 1. The van der Waals surface area contributed by atoms with Gasteiger partial charge < -0.3 is 5.11 Å². The number of carboxylic acids is 1. The van der Waals surface area contributed by atoms with Gasteiger partial charge in [0.25, 0.3) is 0 Å². The maximum atomic E-state index is 11.9. The Balaban J connectivity index is 2.08. The van der Waals surface area contributed by atoms with Crippen LogP contribution in [0, 0.1) is 20.8 Å².